The van der Waals surface area contributed by atoms with Gasteiger partial charge in [0, 0.05) is 6.42 Å². The van der Waals surface area contributed by atoms with Crippen molar-refractivity contribution in [3.63, 3.8) is 0 Å². The summed E-state index contributed by atoms with van der Waals surface area (Å²) >= 11 is 0. The number of hydrogen-bond acceptors (Lipinski definition) is 0. The molecule has 0 aliphatic carbocycles. The largest absolute Gasteiger partial charge is 0.135 e. The Kier molecular flexibility index (Phi) is 3.20. The van der Waals surface area contributed by atoms with Crippen molar-refractivity contribution in [2.24, 2.45) is 0 Å². The van der Waals surface area contributed by atoms with Crippen LogP contribution in [0.4, 0.5) is 0 Å². The summed E-state index contributed by atoms with van der Waals surface area (Å²) in [6, 6.07) is 2.92. The van der Waals surface area contributed by atoms with E-state index in [1.54, 1.807) is 0 Å². The summed E-state index contributed by atoms with van der Waals surface area (Å²) < 4.78 is 0. The standard InChI is InChI=1S/C10H18Si/c1-3-4-8-11(2)9-6-5-7-10-11/h3,5-7,9-10H2,1-2H3. The molecule has 1 heteroatoms. The Hall–Kier alpha value is -0.223. The van der Waals surface area contributed by atoms with Crippen LogP contribution < -0.4 is 0 Å². The monoisotopic (exact) mass is 166 g/mol. The van der Waals surface area contributed by atoms with E-state index in [4.69, 9.17) is 0 Å². The normalized spacial score (nSPS) is 22.0. The van der Waals surface area contributed by atoms with Gasteiger partial charge >= 0.3 is 0 Å². The van der Waals surface area contributed by atoms with E-state index in [9.17, 15) is 0 Å². The fourth-order valence-corrected chi connectivity index (χ4v) is 4.92. The summed E-state index contributed by atoms with van der Waals surface area (Å²) in [6.45, 7) is 4.60. The first-order chi connectivity index (χ1) is 5.27. The average Bonchev–Trinajstić information content (AvgIpc) is 2.03. The summed E-state index contributed by atoms with van der Waals surface area (Å²) in [5.74, 6) is 3.27. The first-order valence-corrected chi connectivity index (χ1v) is 7.68. The van der Waals surface area contributed by atoms with Gasteiger partial charge in [0.1, 0.15) is 8.07 Å². The molecule has 62 valence electrons. The predicted molar refractivity (Wildman–Crippen MR) is 53.2 cm³/mol. The van der Waals surface area contributed by atoms with E-state index in [0.29, 0.717) is 0 Å². The van der Waals surface area contributed by atoms with Crippen LogP contribution in [0.3, 0.4) is 0 Å². The van der Waals surface area contributed by atoms with Gasteiger partial charge in [0.25, 0.3) is 0 Å². The molecule has 0 unspecified atom stereocenters. The van der Waals surface area contributed by atoms with Gasteiger partial charge in [-0.2, -0.15) is 0 Å². The molecule has 1 heterocycles. The molecule has 1 rings (SSSR count). The molecule has 0 atom stereocenters. The van der Waals surface area contributed by atoms with Gasteiger partial charge in [-0.15, -0.1) is 11.5 Å². The Balaban J connectivity index is 2.49. The maximum Gasteiger partial charge on any atom is 0.135 e. The lowest BCUT2D eigenvalue weighted by atomic mass is 10.3. The summed E-state index contributed by atoms with van der Waals surface area (Å²) in [7, 11) is -1.02. The zero-order valence-electron chi connectivity index (χ0n) is 7.74. The predicted octanol–water partition coefficient (Wildman–Crippen LogP) is 3.20. The summed E-state index contributed by atoms with van der Waals surface area (Å²) in [6.07, 6.45) is 5.39. The smallest absolute Gasteiger partial charge is 0.131 e. The lowest BCUT2D eigenvalue weighted by Gasteiger charge is -2.25. The van der Waals surface area contributed by atoms with E-state index in [1.165, 1.54) is 31.4 Å². The second kappa shape index (κ2) is 3.97. The van der Waals surface area contributed by atoms with Crippen LogP contribution >= 0.6 is 0 Å². The minimum Gasteiger partial charge on any atom is -0.131 e. The SMILES string of the molecule is CCC#C[Si]1(C)CCCCC1. The van der Waals surface area contributed by atoms with Crippen LogP contribution in [0.15, 0.2) is 0 Å². The molecule has 0 spiro atoms. The van der Waals surface area contributed by atoms with Gasteiger partial charge < -0.3 is 0 Å². The van der Waals surface area contributed by atoms with Crippen molar-refractivity contribution in [2.75, 3.05) is 0 Å². The van der Waals surface area contributed by atoms with Crippen molar-refractivity contribution in [1.29, 1.82) is 0 Å². The molecule has 1 saturated heterocycles. The lowest BCUT2D eigenvalue weighted by Crippen LogP contribution is -2.30. The zero-order chi connectivity index (χ0) is 8.16. The summed E-state index contributed by atoms with van der Waals surface area (Å²) in [5, 5.41) is 0. The highest BCUT2D eigenvalue weighted by Gasteiger charge is 2.26. The molecule has 0 saturated carbocycles. The molecule has 0 aromatic heterocycles. The number of rotatable bonds is 0. The van der Waals surface area contributed by atoms with E-state index in [1.807, 2.05) is 0 Å². The molecule has 0 aromatic carbocycles. The molecular weight excluding hydrogens is 148 g/mol. The van der Waals surface area contributed by atoms with Gasteiger partial charge in [-0.1, -0.05) is 32.7 Å². The van der Waals surface area contributed by atoms with Crippen LogP contribution in [0.2, 0.25) is 18.6 Å². The van der Waals surface area contributed by atoms with Crippen LogP contribution in [0.25, 0.3) is 0 Å². The third kappa shape index (κ3) is 2.71. The Labute approximate surface area is 71.4 Å². The van der Waals surface area contributed by atoms with E-state index < -0.39 is 8.07 Å². The summed E-state index contributed by atoms with van der Waals surface area (Å²) in [4.78, 5) is 0. The average molecular weight is 166 g/mol. The first kappa shape index (κ1) is 8.87. The van der Waals surface area contributed by atoms with Crippen molar-refractivity contribution < 1.29 is 0 Å². The molecule has 1 aliphatic heterocycles. The van der Waals surface area contributed by atoms with Crippen LogP contribution in [0, 0.1) is 11.5 Å². The second-order valence-corrected chi connectivity index (χ2v) is 8.15. The Bertz CT molecular complexity index is 167. The quantitative estimate of drug-likeness (QED) is 0.383. The van der Waals surface area contributed by atoms with E-state index in [2.05, 4.69) is 24.9 Å². The Morgan fingerprint density at radius 3 is 2.36 bits per heavy atom. The van der Waals surface area contributed by atoms with Crippen LogP contribution in [0.5, 0.6) is 0 Å². The lowest BCUT2D eigenvalue weighted by molar-refractivity contribution is 0.718. The number of hydrogen-bond donors (Lipinski definition) is 0. The van der Waals surface area contributed by atoms with Crippen molar-refractivity contribution in [2.45, 2.75) is 51.2 Å². The van der Waals surface area contributed by atoms with E-state index >= 15 is 0 Å². The third-order valence-corrected chi connectivity index (χ3v) is 6.22. The maximum absolute atomic E-state index is 3.54. The molecule has 1 aliphatic rings. The van der Waals surface area contributed by atoms with Crippen molar-refractivity contribution in [3.05, 3.63) is 0 Å². The highest BCUT2D eigenvalue weighted by Crippen LogP contribution is 2.27. The summed E-state index contributed by atoms with van der Waals surface area (Å²) in [5.41, 5.74) is 3.54. The van der Waals surface area contributed by atoms with Gasteiger partial charge in [-0.3, -0.25) is 0 Å². The minimum absolute atomic E-state index is 1.02. The van der Waals surface area contributed by atoms with Gasteiger partial charge in [0.2, 0.25) is 0 Å². The fourth-order valence-electron chi connectivity index (χ4n) is 1.76. The third-order valence-electron chi connectivity index (χ3n) is 2.52. The van der Waals surface area contributed by atoms with Crippen LogP contribution in [-0.2, 0) is 0 Å². The van der Waals surface area contributed by atoms with Gasteiger partial charge in [0.05, 0.1) is 0 Å². The highest BCUT2D eigenvalue weighted by atomic mass is 28.3. The molecule has 11 heavy (non-hydrogen) atoms. The Morgan fingerprint density at radius 2 is 1.82 bits per heavy atom. The van der Waals surface area contributed by atoms with Crippen LogP contribution in [-0.4, -0.2) is 8.07 Å². The molecule has 1 fully saturated rings. The van der Waals surface area contributed by atoms with Crippen molar-refractivity contribution in [3.8, 4) is 11.5 Å². The van der Waals surface area contributed by atoms with E-state index in [0.717, 1.165) is 6.42 Å². The molecule has 0 radical (unpaired) electrons. The van der Waals surface area contributed by atoms with Gasteiger partial charge in [0.15, 0.2) is 0 Å². The Morgan fingerprint density at radius 1 is 1.18 bits per heavy atom. The van der Waals surface area contributed by atoms with Crippen molar-refractivity contribution in [1.82, 2.24) is 0 Å². The molecule has 0 bridgehead atoms. The minimum atomic E-state index is -1.02. The van der Waals surface area contributed by atoms with Gasteiger partial charge in [-0.25, -0.2) is 0 Å². The molecule has 0 N–H and O–H groups in total. The highest BCUT2D eigenvalue weighted by molar-refractivity contribution is 6.86. The topological polar surface area (TPSA) is 0 Å². The first-order valence-electron chi connectivity index (χ1n) is 4.77. The zero-order valence-corrected chi connectivity index (χ0v) is 8.74. The van der Waals surface area contributed by atoms with Gasteiger partial charge in [-0.05, 0) is 12.1 Å². The second-order valence-electron chi connectivity index (χ2n) is 3.78. The van der Waals surface area contributed by atoms with E-state index in [-0.39, 0.29) is 0 Å². The molecule has 0 amide bonds. The maximum atomic E-state index is 3.54. The van der Waals surface area contributed by atoms with Crippen molar-refractivity contribution >= 4 is 8.07 Å². The fraction of sp³-hybridized carbons (Fsp3) is 0.800. The van der Waals surface area contributed by atoms with Crippen LogP contribution in [0.1, 0.15) is 32.6 Å². The molecule has 0 aromatic rings. The molecule has 0 nitrogen and oxygen atoms in total. The molecular formula is C10H18Si.